The summed E-state index contributed by atoms with van der Waals surface area (Å²) in [5.74, 6) is -1.60. The van der Waals surface area contributed by atoms with Crippen molar-refractivity contribution in [3.8, 4) is 0 Å². The van der Waals surface area contributed by atoms with Gasteiger partial charge in [0.25, 0.3) is 0 Å². The number of carboxylic acid groups (broad SMARTS) is 1. The highest BCUT2D eigenvalue weighted by molar-refractivity contribution is 5.87. The van der Waals surface area contributed by atoms with E-state index in [4.69, 9.17) is 0 Å². The van der Waals surface area contributed by atoms with Crippen LogP contribution in [0.5, 0.6) is 0 Å². The minimum absolute atomic E-state index is 0.0399. The predicted octanol–water partition coefficient (Wildman–Crippen LogP) is 2.59. The van der Waals surface area contributed by atoms with Gasteiger partial charge in [-0.15, -0.1) is 0 Å². The van der Waals surface area contributed by atoms with Crippen molar-refractivity contribution in [3.05, 3.63) is 12.2 Å². The number of fused-ring (bicyclic) bond motifs is 2. The summed E-state index contributed by atoms with van der Waals surface area (Å²) in [6.45, 7) is 4.48. The Morgan fingerprint density at radius 1 is 1.19 bits per heavy atom. The molecule has 116 valence electrons. The number of rotatable bonds is 3. The molecule has 2 bridgehead atoms. The van der Waals surface area contributed by atoms with Crippen LogP contribution in [0.2, 0.25) is 0 Å². The summed E-state index contributed by atoms with van der Waals surface area (Å²) in [5.41, 5.74) is 0.275. The van der Waals surface area contributed by atoms with Gasteiger partial charge in [0, 0.05) is 6.04 Å². The number of hydrogen-bond acceptors (Lipinski definition) is 2. The van der Waals surface area contributed by atoms with Gasteiger partial charge in [0.2, 0.25) is 5.91 Å². The van der Waals surface area contributed by atoms with Crippen molar-refractivity contribution in [2.24, 2.45) is 29.1 Å². The molecule has 0 aliphatic heterocycles. The molecule has 0 heterocycles. The topological polar surface area (TPSA) is 66.4 Å². The van der Waals surface area contributed by atoms with Gasteiger partial charge in [-0.1, -0.05) is 32.4 Å². The van der Waals surface area contributed by atoms with Crippen LogP contribution in [0, 0.1) is 29.1 Å². The van der Waals surface area contributed by atoms with Crippen LogP contribution in [-0.2, 0) is 9.59 Å². The molecule has 4 nitrogen and oxygen atoms in total. The van der Waals surface area contributed by atoms with Crippen LogP contribution >= 0.6 is 0 Å². The molecule has 0 aromatic rings. The van der Waals surface area contributed by atoms with Crippen LogP contribution in [0.4, 0.5) is 0 Å². The summed E-state index contributed by atoms with van der Waals surface area (Å²) in [7, 11) is 0. The Balaban J connectivity index is 1.68. The molecule has 0 aromatic heterocycles. The summed E-state index contributed by atoms with van der Waals surface area (Å²) < 4.78 is 0. The number of aliphatic carboxylic acids is 1. The highest BCUT2D eigenvalue weighted by atomic mass is 16.4. The molecule has 3 aliphatic rings. The average molecular weight is 291 g/mol. The number of hydrogen-bond donors (Lipinski definition) is 2. The zero-order chi connectivity index (χ0) is 15.2. The fourth-order valence-electron chi connectivity index (χ4n) is 4.64. The normalized spacial score (nSPS) is 40.2. The van der Waals surface area contributed by atoms with Gasteiger partial charge in [0.15, 0.2) is 0 Å². The molecule has 0 aromatic carbocycles. The number of amides is 1. The SMILES string of the molecule is CC1(C)CCCC(NC(=O)C2C3C=CC(C3)C2C(=O)O)C1. The summed E-state index contributed by atoms with van der Waals surface area (Å²) in [6.07, 6.45) is 9.20. The minimum atomic E-state index is -0.823. The smallest absolute Gasteiger partial charge is 0.307 e. The van der Waals surface area contributed by atoms with Crippen LogP contribution in [0.1, 0.15) is 46.0 Å². The Kier molecular flexibility index (Phi) is 3.58. The lowest BCUT2D eigenvalue weighted by atomic mass is 9.74. The third kappa shape index (κ3) is 2.72. The van der Waals surface area contributed by atoms with E-state index in [9.17, 15) is 14.7 Å². The van der Waals surface area contributed by atoms with E-state index in [1.54, 1.807) is 0 Å². The van der Waals surface area contributed by atoms with Gasteiger partial charge in [-0.25, -0.2) is 0 Å². The zero-order valence-corrected chi connectivity index (χ0v) is 12.8. The molecule has 5 atom stereocenters. The first-order valence-corrected chi connectivity index (χ1v) is 8.09. The lowest BCUT2D eigenvalue weighted by Gasteiger charge is -2.36. The number of carboxylic acids is 1. The predicted molar refractivity (Wildman–Crippen MR) is 79.5 cm³/mol. The van der Waals surface area contributed by atoms with Gasteiger partial charge >= 0.3 is 5.97 Å². The molecule has 21 heavy (non-hydrogen) atoms. The average Bonchev–Trinajstić information content (AvgIpc) is 2.97. The Bertz CT molecular complexity index is 482. The van der Waals surface area contributed by atoms with Crippen molar-refractivity contribution < 1.29 is 14.7 Å². The van der Waals surface area contributed by atoms with Gasteiger partial charge in [0.05, 0.1) is 11.8 Å². The van der Waals surface area contributed by atoms with E-state index in [2.05, 4.69) is 19.2 Å². The molecule has 0 saturated heterocycles. The largest absolute Gasteiger partial charge is 0.481 e. The number of nitrogens with one attached hydrogen (secondary N) is 1. The molecule has 1 amide bonds. The van der Waals surface area contributed by atoms with Gasteiger partial charge in [-0.2, -0.15) is 0 Å². The molecular formula is C17H25NO3. The van der Waals surface area contributed by atoms with Crippen molar-refractivity contribution >= 4 is 11.9 Å². The first-order chi connectivity index (χ1) is 9.87. The summed E-state index contributed by atoms with van der Waals surface area (Å²) in [5, 5.41) is 12.6. The van der Waals surface area contributed by atoms with E-state index in [1.807, 2.05) is 12.2 Å². The number of allylic oxidation sites excluding steroid dienone is 2. The first kappa shape index (κ1) is 14.6. The second kappa shape index (κ2) is 5.15. The maximum Gasteiger partial charge on any atom is 0.307 e. The van der Waals surface area contributed by atoms with E-state index < -0.39 is 11.9 Å². The van der Waals surface area contributed by atoms with Crippen molar-refractivity contribution in [3.63, 3.8) is 0 Å². The van der Waals surface area contributed by atoms with Crippen LogP contribution in [0.25, 0.3) is 0 Å². The van der Waals surface area contributed by atoms with Crippen LogP contribution in [0.15, 0.2) is 12.2 Å². The lowest BCUT2D eigenvalue weighted by Crippen LogP contribution is -2.46. The third-order valence-electron chi connectivity index (χ3n) is 5.60. The number of carbonyl (C=O) groups excluding carboxylic acids is 1. The molecule has 2 fully saturated rings. The maximum absolute atomic E-state index is 12.6. The Morgan fingerprint density at radius 2 is 1.86 bits per heavy atom. The third-order valence-corrected chi connectivity index (χ3v) is 5.60. The van der Waals surface area contributed by atoms with Crippen LogP contribution in [0.3, 0.4) is 0 Å². The van der Waals surface area contributed by atoms with Crippen LogP contribution < -0.4 is 5.32 Å². The first-order valence-electron chi connectivity index (χ1n) is 8.09. The summed E-state index contributed by atoms with van der Waals surface area (Å²) in [4.78, 5) is 24.1. The second-order valence-electron chi connectivity index (χ2n) is 7.80. The standard InChI is InChI=1S/C17H25NO3/c1-17(2)7-3-4-12(9-17)18-15(19)13-10-5-6-11(8-10)14(13)16(20)21/h5-6,10-14H,3-4,7-9H2,1-2H3,(H,18,19)(H,20,21). The van der Waals surface area contributed by atoms with Crippen molar-refractivity contribution in [2.45, 2.75) is 52.0 Å². The molecule has 5 unspecified atom stereocenters. The summed E-state index contributed by atoms with van der Waals surface area (Å²) >= 11 is 0. The fourth-order valence-corrected chi connectivity index (χ4v) is 4.64. The Labute approximate surface area is 126 Å². The van der Waals surface area contributed by atoms with E-state index >= 15 is 0 Å². The highest BCUT2D eigenvalue weighted by Gasteiger charge is 2.51. The van der Waals surface area contributed by atoms with Gasteiger partial charge in [-0.05, 0) is 42.9 Å². The van der Waals surface area contributed by atoms with Crippen molar-refractivity contribution in [1.29, 1.82) is 0 Å². The molecule has 3 aliphatic carbocycles. The molecule has 3 rings (SSSR count). The Hall–Kier alpha value is -1.32. The molecule has 2 saturated carbocycles. The highest BCUT2D eigenvalue weighted by Crippen LogP contribution is 2.48. The minimum Gasteiger partial charge on any atom is -0.481 e. The maximum atomic E-state index is 12.6. The van der Waals surface area contributed by atoms with E-state index in [0.717, 1.165) is 25.7 Å². The van der Waals surface area contributed by atoms with Crippen LogP contribution in [-0.4, -0.2) is 23.0 Å². The van der Waals surface area contributed by atoms with Crippen molar-refractivity contribution in [2.75, 3.05) is 0 Å². The Morgan fingerprint density at radius 3 is 2.48 bits per heavy atom. The summed E-state index contributed by atoms with van der Waals surface area (Å²) in [6, 6.07) is 0.207. The fraction of sp³-hybridized carbons (Fsp3) is 0.765. The molecular weight excluding hydrogens is 266 g/mol. The van der Waals surface area contributed by atoms with E-state index in [0.29, 0.717) is 0 Å². The van der Waals surface area contributed by atoms with Gasteiger partial charge < -0.3 is 10.4 Å². The number of carbonyl (C=O) groups is 2. The zero-order valence-electron chi connectivity index (χ0n) is 12.8. The molecule has 0 spiro atoms. The quantitative estimate of drug-likeness (QED) is 0.785. The van der Waals surface area contributed by atoms with Gasteiger partial charge in [-0.3, -0.25) is 9.59 Å². The molecule has 4 heteroatoms. The second-order valence-corrected chi connectivity index (χ2v) is 7.80. The van der Waals surface area contributed by atoms with Gasteiger partial charge in [0.1, 0.15) is 0 Å². The van der Waals surface area contributed by atoms with E-state index in [1.165, 1.54) is 6.42 Å². The van der Waals surface area contributed by atoms with Crippen molar-refractivity contribution in [1.82, 2.24) is 5.32 Å². The molecule has 0 radical (unpaired) electrons. The van der Waals surface area contributed by atoms with E-state index in [-0.39, 0.29) is 35.1 Å². The molecule has 2 N–H and O–H groups in total. The lowest BCUT2D eigenvalue weighted by molar-refractivity contribution is -0.148. The monoisotopic (exact) mass is 291 g/mol.